The molecule has 0 aliphatic carbocycles. The highest BCUT2D eigenvalue weighted by Gasteiger charge is 2.21. The SMILES string of the molecule is C[C@@H](c1ccccc1)N(C)C(=O)N(C)c1ccc(F)c(Cl)c1. The van der Waals surface area contributed by atoms with E-state index in [2.05, 4.69) is 0 Å². The first-order valence-corrected chi connectivity index (χ1v) is 7.30. The molecule has 0 saturated heterocycles. The Morgan fingerprint density at radius 3 is 2.36 bits per heavy atom. The van der Waals surface area contributed by atoms with Crippen LogP contribution in [0.1, 0.15) is 18.5 Å². The molecule has 0 saturated carbocycles. The topological polar surface area (TPSA) is 23.6 Å². The average molecular weight is 321 g/mol. The van der Waals surface area contributed by atoms with Gasteiger partial charge in [-0.15, -0.1) is 0 Å². The Morgan fingerprint density at radius 1 is 1.14 bits per heavy atom. The Kier molecular flexibility index (Phi) is 5.03. The molecule has 2 aromatic rings. The van der Waals surface area contributed by atoms with Gasteiger partial charge < -0.3 is 4.90 Å². The second-order valence-electron chi connectivity index (χ2n) is 5.14. The van der Waals surface area contributed by atoms with Crippen LogP contribution in [0.15, 0.2) is 48.5 Å². The van der Waals surface area contributed by atoms with E-state index in [9.17, 15) is 9.18 Å². The van der Waals surface area contributed by atoms with Gasteiger partial charge in [0, 0.05) is 19.8 Å². The van der Waals surface area contributed by atoms with Crippen LogP contribution in [0.5, 0.6) is 0 Å². The molecule has 0 aromatic heterocycles. The van der Waals surface area contributed by atoms with Crippen molar-refractivity contribution in [2.24, 2.45) is 0 Å². The zero-order valence-corrected chi connectivity index (χ0v) is 13.5. The van der Waals surface area contributed by atoms with Crippen molar-refractivity contribution in [3.8, 4) is 0 Å². The summed E-state index contributed by atoms with van der Waals surface area (Å²) in [6.07, 6.45) is 0. The minimum Gasteiger partial charge on any atom is -0.321 e. The summed E-state index contributed by atoms with van der Waals surface area (Å²) < 4.78 is 13.2. The van der Waals surface area contributed by atoms with Gasteiger partial charge in [0.05, 0.1) is 11.1 Å². The Balaban J connectivity index is 2.17. The van der Waals surface area contributed by atoms with E-state index in [1.165, 1.54) is 23.1 Å². The third kappa shape index (κ3) is 3.39. The van der Waals surface area contributed by atoms with Crippen LogP contribution in [0, 0.1) is 5.82 Å². The van der Waals surface area contributed by atoms with Gasteiger partial charge >= 0.3 is 6.03 Å². The van der Waals surface area contributed by atoms with E-state index in [1.807, 2.05) is 37.3 Å². The van der Waals surface area contributed by atoms with Crippen molar-refractivity contribution in [3.63, 3.8) is 0 Å². The first-order chi connectivity index (χ1) is 10.4. The first-order valence-electron chi connectivity index (χ1n) is 6.92. The highest BCUT2D eigenvalue weighted by molar-refractivity contribution is 6.31. The molecule has 0 heterocycles. The number of hydrogen-bond acceptors (Lipinski definition) is 1. The third-order valence-electron chi connectivity index (χ3n) is 3.74. The normalized spacial score (nSPS) is 11.9. The van der Waals surface area contributed by atoms with E-state index in [0.29, 0.717) is 5.69 Å². The quantitative estimate of drug-likeness (QED) is 0.802. The van der Waals surface area contributed by atoms with Gasteiger partial charge in [0.2, 0.25) is 0 Å². The van der Waals surface area contributed by atoms with Gasteiger partial charge in [0.25, 0.3) is 0 Å². The van der Waals surface area contributed by atoms with Crippen LogP contribution in [0.4, 0.5) is 14.9 Å². The summed E-state index contributed by atoms with van der Waals surface area (Å²) in [4.78, 5) is 15.7. The van der Waals surface area contributed by atoms with Crippen molar-refractivity contribution in [2.45, 2.75) is 13.0 Å². The molecule has 116 valence electrons. The standard InChI is InChI=1S/C17H18ClFN2O/c1-12(13-7-5-4-6-8-13)20(2)17(22)21(3)14-9-10-16(19)15(18)11-14/h4-12H,1-3H3/t12-/m0/s1. The number of rotatable bonds is 3. The summed E-state index contributed by atoms with van der Waals surface area (Å²) in [5, 5.41) is -0.00379. The van der Waals surface area contributed by atoms with Crippen molar-refractivity contribution < 1.29 is 9.18 Å². The summed E-state index contributed by atoms with van der Waals surface area (Å²) in [7, 11) is 3.38. The Hall–Kier alpha value is -2.07. The number of halogens is 2. The highest BCUT2D eigenvalue weighted by Crippen LogP contribution is 2.25. The number of anilines is 1. The number of urea groups is 1. The monoisotopic (exact) mass is 320 g/mol. The lowest BCUT2D eigenvalue weighted by molar-refractivity contribution is 0.202. The van der Waals surface area contributed by atoms with E-state index in [0.717, 1.165) is 5.56 Å². The molecule has 22 heavy (non-hydrogen) atoms. The molecule has 0 fully saturated rings. The zero-order valence-electron chi connectivity index (χ0n) is 12.8. The molecule has 0 aliphatic heterocycles. The zero-order chi connectivity index (χ0) is 16.3. The molecular weight excluding hydrogens is 303 g/mol. The van der Waals surface area contributed by atoms with Crippen LogP contribution in [0.25, 0.3) is 0 Å². The molecular formula is C17H18ClFN2O. The summed E-state index contributed by atoms with van der Waals surface area (Å²) >= 11 is 5.77. The summed E-state index contributed by atoms with van der Waals surface area (Å²) in [5.74, 6) is -0.503. The summed E-state index contributed by atoms with van der Waals surface area (Å²) in [6, 6.07) is 13.7. The molecule has 0 spiro atoms. The van der Waals surface area contributed by atoms with Gasteiger partial charge in [-0.25, -0.2) is 9.18 Å². The molecule has 0 bridgehead atoms. The molecule has 0 radical (unpaired) electrons. The Morgan fingerprint density at radius 2 is 1.77 bits per heavy atom. The lowest BCUT2D eigenvalue weighted by atomic mass is 10.1. The lowest BCUT2D eigenvalue weighted by Crippen LogP contribution is -2.40. The fourth-order valence-electron chi connectivity index (χ4n) is 2.16. The molecule has 0 N–H and O–H groups in total. The van der Waals surface area contributed by atoms with Crippen LogP contribution in [-0.2, 0) is 0 Å². The molecule has 1 atom stereocenters. The molecule has 0 aliphatic rings. The van der Waals surface area contributed by atoms with Crippen molar-refractivity contribution in [1.82, 2.24) is 4.90 Å². The van der Waals surface area contributed by atoms with Gasteiger partial charge in [-0.1, -0.05) is 41.9 Å². The predicted molar refractivity (Wildman–Crippen MR) is 87.8 cm³/mol. The summed E-state index contributed by atoms with van der Waals surface area (Å²) in [5.41, 5.74) is 1.59. The van der Waals surface area contributed by atoms with Gasteiger partial charge in [-0.3, -0.25) is 4.90 Å². The maximum Gasteiger partial charge on any atom is 0.324 e. The van der Waals surface area contributed by atoms with E-state index < -0.39 is 5.82 Å². The highest BCUT2D eigenvalue weighted by atomic mass is 35.5. The van der Waals surface area contributed by atoms with Gasteiger partial charge in [0.1, 0.15) is 5.82 Å². The van der Waals surface area contributed by atoms with Crippen LogP contribution in [0.3, 0.4) is 0 Å². The van der Waals surface area contributed by atoms with Crippen molar-refractivity contribution in [3.05, 3.63) is 64.9 Å². The second-order valence-corrected chi connectivity index (χ2v) is 5.54. The van der Waals surface area contributed by atoms with Crippen LogP contribution < -0.4 is 4.90 Å². The number of benzene rings is 2. The molecule has 2 rings (SSSR count). The van der Waals surface area contributed by atoms with Crippen LogP contribution >= 0.6 is 11.6 Å². The minimum absolute atomic E-state index is 0.00379. The fourth-order valence-corrected chi connectivity index (χ4v) is 2.34. The predicted octanol–water partition coefficient (Wildman–Crippen LogP) is 4.73. The van der Waals surface area contributed by atoms with Crippen molar-refractivity contribution in [1.29, 1.82) is 0 Å². The van der Waals surface area contributed by atoms with Gasteiger partial charge in [-0.2, -0.15) is 0 Å². The van der Waals surface area contributed by atoms with Crippen molar-refractivity contribution in [2.75, 3.05) is 19.0 Å². The number of carbonyl (C=O) groups excluding carboxylic acids is 1. The second kappa shape index (κ2) is 6.79. The number of carbonyl (C=O) groups is 1. The minimum atomic E-state index is -0.503. The average Bonchev–Trinajstić information content (AvgIpc) is 2.55. The van der Waals surface area contributed by atoms with Crippen LogP contribution in [-0.4, -0.2) is 25.0 Å². The number of hydrogen-bond donors (Lipinski definition) is 0. The largest absolute Gasteiger partial charge is 0.324 e. The fraction of sp³-hybridized carbons (Fsp3) is 0.235. The smallest absolute Gasteiger partial charge is 0.321 e. The molecule has 2 amide bonds. The van der Waals surface area contributed by atoms with Gasteiger partial charge in [0.15, 0.2) is 0 Å². The Labute approximate surface area is 134 Å². The van der Waals surface area contributed by atoms with E-state index >= 15 is 0 Å². The number of nitrogens with zero attached hydrogens (tertiary/aromatic N) is 2. The maximum atomic E-state index is 13.2. The van der Waals surface area contributed by atoms with Crippen molar-refractivity contribution >= 4 is 23.3 Å². The van der Waals surface area contributed by atoms with Crippen LogP contribution in [0.2, 0.25) is 5.02 Å². The lowest BCUT2D eigenvalue weighted by Gasteiger charge is -2.30. The molecule has 5 heteroatoms. The van der Waals surface area contributed by atoms with E-state index in [-0.39, 0.29) is 17.1 Å². The van der Waals surface area contributed by atoms with E-state index in [4.69, 9.17) is 11.6 Å². The third-order valence-corrected chi connectivity index (χ3v) is 4.03. The molecule has 3 nitrogen and oxygen atoms in total. The molecule has 2 aromatic carbocycles. The first kappa shape index (κ1) is 16.3. The van der Waals surface area contributed by atoms with E-state index in [1.54, 1.807) is 19.0 Å². The van der Waals surface area contributed by atoms with Gasteiger partial charge in [-0.05, 0) is 30.7 Å². The summed E-state index contributed by atoms with van der Waals surface area (Å²) in [6.45, 7) is 1.96. The Bertz CT molecular complexity index is 663. The molecule has 0 unspecified atom stereocenters. The number of amides is 2. The maximum absolute atomic E-state index is 13.2.